The summed E-state index contributed by atoms with van der Waals surface area (Å²) in [6, 6.07) is 22.7. The van der Waals surface area contributed by atoms with Crippen molar-refractivity contribution in [1.82, 2.24) is 0 Å². The fraction of sp³-hybridized carbons (Fsp3) is 0.292. The van der Waals surface area contributed by atoms with E-state index >= 15 is 0 Å². The first-order valence-corrected chi connectivity index (χ1v) is 10.3. The van der Waals surface area contributed by atoms with Crippen LogP contribution in [0.5, 0.6) is 5.75 Å². The topological polar surface area (TPSA) is 47.2 Å². The number of amides is 1. The molecule has 3 N–H and O–H groups in total. The number of nitrogens with one attached hydrogen (secondary N) is 3. The van der Waals surface area contributed by atoms with Crippen LogP contribution in [0.15, 0.2) is 66.7 Å². The number of methoxy groups -OCH3 is 1. The minimum Gasteiger partial charge on any atom is -0.497 e. The van der Waals surface area contributed by atoms with Crippen molar-refractivity contribution in [1.29, 1.82) is 0 Å². The molecular weight excluding hydrogens is 362 g/mol. The summed E-state index contributed by atoms with van der Waals surface area (Å²) < 4.78 is 5.15. The lowest BCUT2D eigenvalue weighted by Gasteiger charge is -2.29. The van der Waals surface area contributed by atoms with Gasteiger partial charge in [-0.1, -0.05) is 42.5 Å². The molecule has 0 bridgehead atoms. The standard InChI is InChI=1S/C24H27N3O2/c1-29-22-11-9-21(10-12-22)25-24(28)18-27-15-13-26(14-16-27)17-20-7-4-6-19-5-2-3-8-23(19)20/h2-12H,13-18H2,1H3,(H,25,28)/p+2. The van der Waals surface area contributed by atoms with Crippen LogP contribution in [0.25, 0.3) is 10.8 Å². The molecule has 0 unspecified atom stereocenters. The van der Waals surface area contributed by atoms with Crippen molar-refractivity contribution >= 4 is 22.4 Å². The highest BCUT2D eigenvalue weighted by atomic mass is 16.5. The number of ether oxygens (including phenoxy) is 1. The van der Waals surface area contributed by atoms with Gasteiger partial charge in [-0.15, -0.1) is 0 Å². The zero-order valence-electron chi connectivity index (χ0n) is 16.9. The lowest BCUT2D eigenvalue weighted by atomic mass is 10.0. The molecule has 1 saturated heterocycles. The number of hydrogen-bond acceptors (Lipinski definition) is 2. The van der Waals surface area contributed by atoms with Crippen LogP contribution in [0, 0.1) is 0 Å². The lowest BCUT2D eigenvalue weighted by molar-refractivity contribution is -1.01. The summed E-state index contributed by atoms with van der Waals surface area (Å²) in [7, 11) is 1.64. The highest BCUT2D eigenvalue weighted by Crippen LogP contribution is 2.17. The highest BCUT2D eigenvalue weighted by molar-refractivity contribution is 5.91. The summed E-state index contributed by atoms with van der Waals surface area (Å²) in [5.41, 5.74) is 2.23. The Labute approximate surface area is 171 Å². The van der Waals surface area contributed by atoms with Crippen molar-refractivity contribution in [3.05, 3.63) is 72.3 Å². The number of fused-ring (bicyclic) bond motifs is 1. The number of piperazine rings is 1. The van der Waals surface area contributed by atoms with Crippen LogP contribution >= 0.6 is 0 Å². The van der Waals surface area contributed by atoms with Gasteiger partial charge in [0.25, 0.3) is 5.91 Å². The van der Waals surface area contributed by atoms with Crippen LogP contribution in [0.4, 0.5) is 5.69 Å². The van der Waals surface area contributed by atoms with Gasteiger partial charge < -0.3 is 19.9 Å². The molecule has 3 aromatic carbocycles. The van der Waals surface area contributed by atoms with Gasteiger partial charge in [-0.2, -0.15) is 0 Å². The van der Waals surface area contributed by atoms with Crippen LogP contribution in [-0.2, 0) is 11.3 Å². The number of carbonyl (C=O) groups excluding carboxylic acids is 1. The molecule has 3 aromatic rings. The summed E-state index contributed by atoms with van der Waals surface area (Å²) in [4.78, 5) is 15.3. The van der Waals surface area contributed by atoms with Gasteiger partial charge in [0.1, 0.15) is 38.5 Å². The van der Waals surface area contributed by atoms with Crippen molar-refractivity contribution in [2.24, 2.45) is 0 Å². The Morgan fingerprint density at radius 1 is 0.897 bits per heavy atom. The molecule has 4 rings (SSSR count). The van der Waals surface area contributed by atoms with E-state index in [1.807, 2.05) is 24.3 Å². The Morgan fingerprint density at radius 3 is 2.34 bits per heavy atom. The number of quaternary nitrogens is 2. The van der Waals surface area contributed by atoms with Gasteiger partial charge in [0, 0.05) is 11.3 Å². The summed E-state index contributed by atoms with van der Waals surface area (Å²) in [5.74, 6) is 0.863. The summed E-state index contributed by atoms with van der Waals surface area (Å²) >= 11 is 0. The maximum atomic E-state index is 12.4. The van der Waals surface area contributed by atoms with E-state index in [9.17, 15) is 4.79 Å². The SMILES string of the molecule is COc1ccc(NC(=O)C[NH+]2CC[NH+](Cc3cccc4ccccc34)CC2)cc1. The Bertz CT molecular complexity index is 958. The summed E-state index contributed by atoms with van der Waals surface area (Å²) in [6.07, 6.45) is 0. The summed E-state index contributed by atoms with van der Waals surface area (Å²) in [6.45, 7) is 5.80. The van der Waals surface area contributed by atoms with Crippen molar-refractivity contribution < 1.29 is 19.3 Å². The zero-order chi connectivity index (χ0) is 20.1. The first-order valence-electron chi connectivity index (χ1n) is 10.3. The van der Waals surface area contributed by atoms with E-state index in [0.717, 1.165) is 44.2 Å². The predicted molar refractivity (Wildman–Crippen MR) is 116 cm³/mol. The first kappa shape index (κ1) is 19.4. The van der Waals surface area contributed by atoms with E-state index in [1.165, 1.54) is 21.2 Å². The largest absolute Gasteiger partial charge is 0.497 e. The molecule has 1 aliphatic heterocycles. The van der Waals surface area contributed by atoms with Crippen LogP contribution in [0.3, 0.4) is 0 Å². The number of carbonyl (C=O) groups is 1. The number of anilines is 1. The zero-order valence-corrected chi connectivity index (χ0v) is 16.9. The van der Waals surface area contributed by atoms with Gasteiger partial charge in [-0.05, 0) is 35.0 Å². The molecule has 5 heteroatoms. The molecule has 0 radical (unpaired) electrons. The Hall–Kier alpha value is -2.89. The molecule has 150 valence electrons. The molecule has 0 atom stereocenters. The second kappa shape index (κ2) is 9.07. The molecule has 0 aromatic heterocycles. The van der Waals surface area contributed by atoms with Crippen LogP contribution in [0.1, 0.15) is 5.56 Å². The molecule has 1 fully saturated rings. The third-order valence-corrected chi connectivity index (χ3v) is 5.77. The fourth-order valence-corrected chi connectivity index (χ4v) is 4.13. The minimum atomic E-state index is 0.0719. The molecule has 1 amide bonds. The van der Waals surface area contributed by atoms with Crippen LogP contribution in [-0.4, -0.2) is 45.7 Å². The Balaban J connectivity index is 1.27. The van der Waals surface area contributed by atoms with Gasteiger partial charge in [0.05, 0.1) is 7.11 Å². The monoisotopic (exact) mass is 391 g/mol. The van der Waals surface area contributed by atoms with Gasteiger partial charge in [0.2, 0.25) is 0 Å². The van der Waals surface area contributed by atoms with Crippen LogP contribution < -0.4 is 19.9 Å². The quantitative estimate of drug-likeness (QED) is 0.581. The van der Waals surface area contributed by atoms with Crippen LogP contribution in [0.2, 0.25) is 0 Å². The second-order valence-electron chi connectivity index (χ2n) is 7.77. The molecular formula is C24H29N3O2+2. The van der Waals surface area contributed by atoms with Gasteiger partial charge >= 0.3 is 0 Å². The van der Waals surface area contributed by atoms with Gasteiger partial charge in [-0.3, -0.25) is 4.79 Å². The molecule has 0 aliphatic carbocycles. The van der Waals surface area contributed by atoms with Gasteiger partial charge in [0.15, 0.2) is 6.54 Å². The van der Waals surface area contributed by atoms with E-state index in [-0.39, 0.29) is 5.91 Å². The van der Waals surface area contributed by atoms with Crippen molar-refractivity contribution in [3.8, 4) is 5.75 Å². The molecule has 0 saturated carbocycles. The first-order chi connectivity index (χ1) is 14.2. The molecule has 5 nitrogen and oxygen atoms in total. The van der Waals surface area contributed by atoms with Gasteiger partial charge in [-0.25, -0.2) is 0 Å². The molecule has 0 spiro atoms. The van der Waals surface area contributed by atoms with E-state index < -0.39 is 0 Å². The Kier molecular flexibility index (Phi) is 6.08. The third-order valence-electron chi connectivity index (χ3n) is 5.77. The minimum absolute atomic E-state index is 0.0719. The average Bonchev–Trinajstić information content (AvgIpc) is 2.76. The van der Waals surface area contributed by atoms with E-state index in [2.05, 4.69) is 47.8 Å². The fourth-order valence-electron chi connectivity index (χ4n) is 4.13. The van der Waals surface area contributed by atoms with Crippen molar-refractivity contribution in [2.75, 3.05) is 45.2 Å². The highest BCUT2D eigenvalue weighted by Gasteiger charge is 2.25. The predicted octanol–water partition coefficient (Wildman–Crippen LogP) is 0.771. The summed E-state index contributed by atoms with van der Waals surface area (Å²) in [5, 5.41) is 5.66. The molecule has 29 heavy (non-hydrogen) atoms. The maximum absolute atomic E-state index is 12.4. The number of benzene rings is 3. The van der Waals surface area contributed by atoms with Crippen molar-refractivity contribution in [2.45, 2.75) is 6.54 Å². The molecule has 1 aliphatic rings. The van der Waals surface area contributed by atoms with E-state index in [4.69, 9.17) is 4.74 Å². The molecule has 1 heterocycles. The van der Waals surface area contributed by atoms with E-state index in [1.54, 1.807) is 12.0 Å². The van der Waals surface area contributed by atoms with Crippen molar-refractivity contribution in [3.63, 3.8) is 0 Å². The third kappa shape index (κ3) is 4.94. The van der Waals surface area contributed by atoms with E-state index in [0.29, 0.717) is 6.54 Å². The smallest absolute Gasteiger partial charge is 0.279 e. The normalized spacial score (nSPS) is 19.1. The Morgan fingerprint density at radius 2 is 1.59 bits per heavy atom. The maximum Gasteiger partial charge on any atom is 0.279 e. The lowest BCUT2D eigenvalue weighted by Crippen LogP contribution is -3.28. The average molecular weight is 392 g/mol. The number of hydrogen-bond donors (Lipinski definition) is 3. The number of rotatable bonds is 6. The second-order valence-corrected chi connectivity index (χ2v) is 7.77.